The number of hydrogen-bond donors (Lipinski definition) is 1. The van der Waals surface area contributed by atoms with E-state index in [2.05, 4.69) is 68.3 Å². The van der Waals surface area contributed by atoms with E-state index < -0.39 is 0 Å². The monoisotopic (exact) mass is 292 g/mol. The Morgan fingerprint density at radius 1 is 1.35 bits per heavy atom. The van der Waals surface area contributed by atoms with Crippen molar-refractivity contribution in [2.24, 2.45) is 5.41 Å². The molecule has 4 nitrogen and oxygen atoms in total. The molecule has 0 aromatic carbocycles. The minimum atomic E-state index is 0.195. The lowest BCUT2D eigenvalue weighted by Gasteiger charge is -2.36. The van der Waals surface area contributed by atoms with Gasteiger partial charge in [-0.3, -0.25) is 0 Å². The van der Waals surface area contributed by atoms with Crippen molar-refractivity contribution < 1.29 is 0 Å². The van der Waals surface area contributed by atoms with Gasteiger partial charge in [0.05, 0.1) is 5.39 Å². The molecule has 2 aromatic heterocycles. The lowest BCUT2D eigenvalue weighted by Crippen LogP contribution is -2.40. The molecule has 0 aliphatic carbocycles. The Morgan fingerprint density at radius 2 is 2.05 bits per heavy atom. The zero-order valence-electron chi connectivity index (χ0n) is 13.2. The third kappa shape index (κ3) is 2.87. The molecule has 20 heavy (non-hydrogen) atoms. The summed E-state index contributed by atoms with van der Waals surface area (Å²) in [4.78, 5) is 12.6. The fourth-order valence-electron chi connectivity index (χ4n) is 2.11. The first kappa shape index (κ1) is 15.0. The third-order valence-corrected chi connectivity index (χ3v) is 4.61. The first-order valence-electron chi connectivity index (χ1n) is 7.06. The van der Waals surface area contributed by atoms with Crippen molar-refractivity contribution in [3.05, 3.63) is 11.4 Å². The number of nitrogens with zero attached hydrogens (tertiary/aromatic N) is 3. The van der Waals surface area contributed by atoms with Crippen molar-refractivity contribution in [3.63, 3.8) is 0 Å². The zero-order valence-corrected chi connectivity index (χ0v) is 14.0. The third-order valence-electron chi connectivity index (χ3n) is 3.81. The second kappa shape index (κ2) is 5.56. The molecule has 2 rings (SSSR count). The summed E-state index contributed by atoms with van der Waals surface area (Å²) < 4.78 is 0. The molecular weight excluding hydrogens is 268 g/mol. The molecule has 2 aromatic rings. The summed E-state index contributed by atoms with van der Waals surface area (Å²) in [7, 11) is 2.12. The molecular formula is C15H24N4S. The second-order valence-corrected chi connectivity index (χ2v) is 7.09. The van der Waals surface area contributed by atoms with Crippen LogP contribution in [0.25, 0.3) is 10.2 Å². The first-order valence-corrected chi connectivity index (χ1v) is 7.94. The van der Waals surface area contributed by atoms with Crippen molar-refractivity contribution in [2.75, 3.05) is 23.8 Å². The van der Waals surface area contributed by atoms with Crippen LogP contribution in [0.2, 0.25) is 0 Å². The minimum Gasteiger partial charge on any atom is -0.356 e. The topological polar surface area (TPSA) is 41.1 Å². The Bertz CT molecular complexity index is 585. The number of rotatable bonds is 4. The van der Waals surface area contributed by atoms with E-state index in [9.17, 15) is 0 Å². The van der Waals surface area contributed by atoms with Crippen LogP contribution in [0, 0.1) is 5.41 Å². The van der Waals surface area contributed by atoms with Crippen LogP contribution in [0.5, 0.6) is 0 Å². The van der Waals surface area contributed by atoms with Crippen LogP contribution in [-0.2, 0) is 0 Å². The smallest absolute Gasteiger partial charge is 0.226 e. The fourth-order valence-corrected chi connectivity index (χ4v) is 2.87. The molecule has 110 valence electrons. The number of nitrogens with one attached hydrogen (secondary N) is 1. The van der Waals surface area contributed by atoms with E-state index in [1.54, 1.807) is 11.3 Å². The molecule has 2 heterocycles. The van der Waals surface area contributed by atoms with Gasteiger partial charge in [0.15, 0.2) is 0 Å². The SMILES string of the molecule is CCNc1nc(N(C)C(C)C(C)(C)C)c2ccsc2n1. The number of hydrogen-bond acceptors (Lipinski definition) is 5. The van der Waals surface area contributed by atoms with E-state index >= 15 is 0 Å². The summed E-state index contributed by atoms with van der Waals surface area (Å²) >= 11 is 1.66. The highest BCUT2D eigenvalue weighted by molar-refractivity contribution is 7.16. The number of thiophene rings is 1. The molecule has 0 saturated heterocycles. The Labute approximate surface area is 125 Å². The molecule has 0 bridgehead atoms. The van der Waals surface area contributed by atoms with Gasteiger partial charge in [0.25, 0.3) is 0 Å². The first-order chi connectivity index (χ1) is 9.34. The largest absolute Gasteiger partial charge is 0.356 e. The predicted octanol–water partition coefficient (Wildman–Crippen LogP) is 3.99. The van der Waals surface area contributed by atoms with E-state index in [4.69, 9.17) is 4.98 Å². The van der Waals surface area contributed by atoms with Crippen molar-refractivity contribution >= 4 is 33.3 Å². The van der Waals surface area contributed by atoms with Gasteiger partial charge < -0.3 is 10.2 Å². The molecule has 0 spiro atoms. The molecule has 0 aliphatic rings. The van der Waals surface area contributed by atoms with Crippen LogP contribution in [0.4, 0.5) is 11.8 Å². The van der Waals surface area contributed by atoms with Crippen LogP contribution in [-0.4, -0.2) is 29.6 Å². The Balaban J connectivity index is 2.48. The van der Waals surface area contributed by atoms with Gasteiger partial charge in [0.2, 0.25) is 5.95 Å². The van der Waals surface area contributed by atoms with Crippen LogP contribution < -0.4 is 10.2 Å². The lowest BCUT2D eigenvalue weighted by atomic mass is 9.87. The standard InChI is InChI=1S/C15H24N4S/c1-7-16-14-17-12(11-8-9-20-13(11)18-14)19(6)10(2)15(3,4)5/h8-10H,7H2,1-6H3,(H,16,17,18). The van der Waals surface area contributed by atoms with Crippen LogP contribution in [0.1, 0.15) is 34.6 Å². The normalized spacial score (nSPS) is 13.5. The average molecular weight is 292 g/mol. The maximum absolute atomic E-state index is 4.71. The van der Waals surface area contributed by atoms with Gasteiger partial charge >= 0.3 is 0 Å². The summed E-state index contributed by atoms with van der Waals surface area (Å²) in [5.41, 5.74) is 0.195. The van der Waals surface area contributed by atoms with Gasteiger partial charge in [0, 0.05) is 19.6 Å². The number of anilines is 2. The zero-order chi connectivity index (χ0) is 14.9. The number of fused-ring (bicyclic) bond motifs is 1. The molecule has 0 aliphatic heterocycles. The average Bonchev–Trinajstić information content (AvgIpc) is 2.83. The number of aromatic nitrogens is 2. The summed E-state index contributed by atoms with van der Waals surface area (Å²) in [6.07, 6.45) is 0. The molecule has 0 radical (unpaired) electrons. The van der Waals surface area contributed by atoms with E-state index in [-0.39, 0.29) is 5.41 Å². The van der Waals surface area contributed by atoms with E-state index in [0.29, 0.717) is 12.0 Å². The van der Waals surface area contributed by atoms with Crippen molar-refractivity contribution in [2.45, 2.75) is 40.7 Å². The lowest BCUT2D eigenvalue weighted by molar-refractivity contribution is 0.329. The minimum absolute atomic E-state index is 0.195. The molecule has 0 saturated carbocycles. The maximum Gasteiger partial charge on any atom is 0.226 e. The molecule has 1 N–H and O–H groups in total. The Hall–Kier alpha value is -1.36. The Morgan fingerprint density at radius 3 is 2.65 bits per heavy atom. The summed E-state index contributed by atoms with van der Waals surface area (Å²) in [5.74, 6) is 1.72. The molecule has 5 heteroatoms. The van der Waals surface area contributed by atoms with Gasteiger partial charge in [0.1, 0.15) is 10.6 Å². The predicted molar refractivity (Wildman–Crippen MR) is 88.9 cm³/mol. The van der Waals surface area contributed by atoms with E-state index in [0.717, 1.165) is 22.6 Å². The highest BCUT2D eigenvalue weighted by atomic mass is 32.1. The maximum atomic E-state index is 4.71. The van der Waals surface area contributed by atoms with Crippen LogP contribution in [0.15, 0.2) is 11.4 Å². The fraction of sp³-hybridized carbons (Fsp3) is 0.600. The van der Waals surface area contributed by atoms with Crippen LogP contribution in [0.3, 0.4) is 0 Å². The second-order valence-electron chi connectivity index (χ2n) is 6.19. The Kier molecular flexibility index (Phi) is 4.18. The quantitative estimate of drug-likeness (QED) is 0.925. The van der Waals surface area contributed by atoms with E-state index in [1.807, 2.05) is 0 Å². The summed E-state index contributed by atoms with van der Waals surface area (Å²) in [6.45, 7) is 11.9. The summed E-state index contributed by atoms with van der Waals surface area (Å²) in [5, 5.41) is 6.43. The van der Waals surface area contributed by atoms with Crippen molar-refractivity contribution in [1.82, 2.24) is 9.97 Å². The van der Waals surface area contributed by atoms with Gasteiger partial charge in [-0.1, -0.05) is 20.8 Å². The van der Waals surface area contributed by atoms with Crippen LogP contribution >= 0.6 is 11.3 Å². The highest BCUT2D eigenvalue weighted by Gasteiger charge is 2.26. The van der Waals surface area contributed by atoms with Gasteiger partial charge in [-0.25, -0.2) is 4.98 Å². The van der Waals surface area contributed by atoms with E-state index in [1.165, 1.54) is 0 Å². The summed E-state index contributed by atoms with van der Waals surface area (Å²) in [6, 6.07) is 2.49. The van der Waals surface area contributed by atoms with Crippen molar-refractivity contribution in [3.8, 4) is 0 Å². The molecule has 0 fully saturated rings. The highest BCUT2D eigenvalue weighted by Crippen LogP contribution is 2.33. The van der Waals surface area contributed by atoms with Crippen molar-refractivity contribution in [1.29, 1.82) is 0 Å². The molecule has 1 atom stereocenters. The van der Waals surface area contributed by atoms with Gasteiger partial charge in [-0.2, -0.15) is 4.98 Å². The molecule has 1 unspecified atom stereocenters. The van der Waals surface area contributed by atoms with Gasteiger partial charge in [-0.15, -0.1) is 11.3 Å². The molecule has 0 amide bonds. The van der Waals surface area contributed by atoms with Gasteiger partial charge in [-0.05, 0) is 30.7 Å².